The first-order valence-corrected chi connectivity index (χ1v) is 9.45. The molecule has 1 saturated heterocycles. The normalized spacial score (nSPS) is 22.4. The lowest BCUT2D eigenvalue weighted by Crippen LogP contribution is -2.55. The van der Waals surface area contributed by atoms with Gasteiger partial charge in [-0.2, -0.15) is 5.90 Å². The maximum absolute atomic E-state index is 12.7. The highest BCUT2D eigenvalue weighted by Gasteiger charge is 2.30. The molecule has 0 unspecified atom stereocenters. The average molecular weight is 344 g/mol. The molecule has 0 aromatic heterocycles. The minimum atomic E-state index is 0.277. The summed E-state index contributed by atoms with van der Waals surface area (Å²) in [5.41, 5.74) is 2.55. The smallest absolute Gasteiger partial charge is 0.236 e. The monoisotopic (exact) mass is 344 g/mol. The van der Waals surface area contributed by atoms with Gasteiger partial charge in [-0.15, -0.1) is 0 Å². The highest BCUT2D eigenvalue weighted by molar-refractivity contribution is 5.78. The fourth-order valence-corrected chi connectivity index (χ4v) is 4.18. The molecular weight excluding hydrogens is 316 g/mol. The van der Waals surface area contributed by atoms with Crippen LogP contribution in [-0.4, -0.2) is 65.9 Å². The highest BCUT2D eigenvalue weighted by atomic mass is 16.6. The SMILES string of the molecule is NOc1ccc2c(c1)CCN(CC(=O)N1CCN(C3CCC3)CC1)C2. The van der Waals surface area contributed by atoms with Crippen molar-refractivity contribution in [3.8, 4) is 5.75 Å². The summed E-state index contributed by atoms with van der Waals surface area (Å²) in [4.78, 5) is 24.4. The molecule has 2 heterocycles. The van der Waals surface area contributed by atoms with Crippen molar-refractivity contribution in [3.05, 3.63) is 29.3 Å². The number of carbonyl (C=O) groups is 1. The van der Waals surface area contributed by atoms with Crippen LogP contribution in [0.25, 0.3) is 0 Å². The molecule has 1 aliphatic carbocycles. The summed E-state index contributed by atoms with van der Waals surface area (Å²) in [6, 6.07) is 6.75. The molecule has 0 spiro atoms. The second kappa shape index (κ2) is 7.32. The Bertz CT molecular complexity index is 624. The molecule has 6 heteroatoms. The van der Waals surface area contributed by atoms with Gasteiger partial charge < -0.3 is 9.74 Å². The van der Waals surface area contributed by atoms with Crippen molar-refractivity contribution in [2.75, 3.05) is 39.3 Å². The van der Waals surface area contributed by atoms with Gasteiger partial charge >= 0.3 is 0 Å². The lowest BCUT2D eigenvalue weighted by atomic mass is 9.91. The fraction of sp³-hybridized carbons (Fsp3) is 0.632. The summed E-state index contributed by atoms with van der Waals surface area (Å²) >= 11 is 0. The molecule has 0 radical (unpaired) electrons. The van der Waals surface area contributed by atoms with E-state index in [1.54, 1.807) is 0 Å². The van der Waals surface area contributed by atoms with E-state index < -0.39 is 0 Å². The molecule has 4 rings (SSSR count). The number of piperazine rings is 1. The Morgan fingerprint density at radius 2 is 1.92 bits per heavy atom. The molecule has 3 aliphatic rings. The van der Waals surface area contributed by atoms with Gasteiger partial charge in [-0.05, 0) is 42.5 Å². The van der Waals surface area contributed by atoms with E-state index in [1.807, 2.05) is 12.1 Å². The number of carbonyl (C=O) groups excluding carboxylic acids is 1. The van der Waals surface area contributed by atoms with E-state index in [1.165, 1.54) is 30.4 Å². The third-order valence-electron chi connectivity index (χ3n) is 6.02. The van der Waals surface area contributed by atoms with Crippen molar-refractivity contribution in [1.29, 1.82) is 0 Å². The molecule has 2 N–H and O–H groups in total. The number of amides is 1. The molecule has 1 aromatic carbocycles. The van der Waals surface area contributed by atoms with Crippen LogP contribution in [0.5, 0.6) is 5.75 Å². The van der Waals surface area contributed by atoms with Crippen LogP contribution in [0.1, 0.15) is 30.4 Å². The van der Waals surface area contributed by atoms with Gasteiger partial charge in [0.1, 0.15) is 5.75 Å². The summed E-state index contributed by atoms with van der Waals surface area (Å²) in [7, 11) is 0. The van der Waals surface area contributed by atoms with Crippen LogP contribution < -0.4 is 10.7 Å². The molecule has 1 amide bonds. The lowest BCUT2D eigenvalue weighted by molar-refractivity contribution is -0.135. The largest absolute Gasteiger partial charge is 0.412 e. The lowest BCUT2D eigenvalue weighted by Gasteiger charge is -2.43. The van der Waals surface area contributed by atoms with E-state index in [4.69, 9.17) is 10.7 Å². The van der Waals surface area contributed by atoms with Gasteiger partial charge in [0.2, 0.25) is 5.91 Å². The summed E-state index contributed by atoms with van der Waals surface area (Å²) < 4.78 is 0. The molecule has 136 valence electrons. The second-order valence-corrected chi connectivity index (χ2v) is 7.51. The number of hydrogen-bond acceptors (Lipinski definition) is 5. The summed E-state index contributed by atoms with van der Waals surface area (Å²) in [6.45, 7) is 6.12. The molecule has 25 heavy (non-hydrogen) atoms. The predicted octanol–water partition coefficient (Wildman–Crippen LogP) is 0.994. The number of benzene rings is 1. The summed E-state index contributed by atoms with van der Waals surface area (Å²) in [5, 5.41) is 0. The molecule has 1 saturated carbocycles. The quantitative estimate of drug-likeness (QED) is 0.826. The minimum absolute atomic E-state index is 0.277. The van der Waals surface area contributed by atoms with Gasteiger partial charge in [-0.25, -0.2) is 0 Å². The summed E-state index contributed by atoms with van der Waals surface area (Å²) in [6.07, 6.45) is 5.00. The zero-order chi connectivity index (χ0) is 17.2. The van der Waals surface area contributed by atoms with Gasteiger partial charge in [-0.1, -0.05) is 12.5 Å². The van der Waals surface area contributed by atoms with Gasteiger partial charge in [-0.3, -0.25) is 14.6 Å². The second-order valence-electron chi connectivity index (χ2n) is 7.51. The van der Waals surface area contributed by atoms with Crippen molar-refractivity contribution < 1.29 is 9.63 Å². The van der Waals surface area contributed by atoms with E-state index in [2.05, 4.69) is 20.8 Å². The Labute approximate surface area is 149 Å². The predicted molar refractivity (Wildman–Crippen MR) is 96.0 cm³/mol. The van der Waals surface area contributed by atoms with Crippen LogP contribution in [0.15, 0.2) is 18.2 Å². The number of fused-ring (bicyclic) bond motifs is 1. The molecule has 2 aliphatic heterocycles. The van der Waals surface area contributed by atoms with Gasteiger partial charge in [0.05, 0.1) is 6.54 Å². The van der Waals surface area contributed by atoms with Crippen LogP contribution in [-0.2, 0) is 17.8 Å². The standard InChI is InChI=1S/C19H28N4O2/c20-25-18-5-4-16-13-21(7-6-15(16)12-18)14-19(24)23-10-8-22(9-11-23)17-2-1-3-17/h4-5,12,17H,1-3,6-11,13-14,20H2. The third-order valence-corrected chi connectivity index (χ3v) is 6.02. The molecule has 6 nitrogen and oxygen atoms in total. The minimum Gasteiger partial charge on any atom is -0.412 e. The maximum Gasteiger partial charge on any atom is 0.236 e. The van der Waals surface area contributed by atoms with Crippen molar-refractivity contribution in [2.24, 2.45) is 5.90 Å². The fourth-order valence-electron chi connectivity index (χ4n) is 4.18. The number of nitrogens with two attached hydrogens (primary N) is 1. The Kier molecular flexibility index (Phi) is 4.92. The molecule has 0 atom stereocenters. The van der Waals surface area contributed by atoms with E-state index in [0.29, 0.717) is 12.3 Å². The van der Waals surface area contributed by atoms with Crippen molar-refractivity contribution >= 4 is 5.91 Å². The first-order valence-electron chi connectivity index (χ1n) is 9.45. The summed E-state index contributed by atoms with van der Waals surface area (Å²) in [5.74, 6) is 6.21. The van der Waals surface area contributed by atoms with Gasteiger partial charge in [0.25, 0.3) is 0 Å². The first-order chi connectivity index (χ1) is 12.2. The Morgan fingerprint density at radius 1 is 1.12 bits per heavy atom. The van der Waals surface area contributed by atoms with Crippen LogP contribution >= 0.6 is 0 Å². The van der Waals surface area contributed by atoms with Crippen molar-refractivity contribution in [3.63, 3.8) is 0 Å². The van der Waals surface area contributed by atoms with Gasteiger partial charge in [0, 0.05) is 45.3 Å². The number of hydrogen-bond donors (Lipinski definition) is 1. The third kappa shape index (κ3) is 3.66. The average Bonchev–Trinajstić information content (AvgIpc) is 2.60. The van der Waals surface area contributed by atoms with E-state index in [-0.39, 0.29) is 5.91 Å². The molecule has 0 bridgehead atoms. The molecular formula is C19H28N4O2. The van der Waals surface area contributed by atoms with Gasteiger partial charge in [0.15, 0.2) is 0 Å². The van der Waals surface area contributed by atoms with E-state index in [0.717, 1.165) is 51.7 Å². The van der Waals surface area contributed by atoms with E-state index in [9.17, 15) is 4.79 Å². The number of nitrogens with zero attached hydrogens (tertiary/aromatic N) is 3. The van der Waals surface area contributed by atoms with Crippen LogP contribution in [0, 0.1) is 0 Å². The maximum atomic E-state index is 12.7. The topological polar surface area (TPSA) is 62.0 Å². The zero-order valence-electron chi connectivity index (χ0n) is 14.8. The van der Waals surface area contributed by atoms with E-state index >= 15 is 0 Å². The Morgan fingerprint density at radius 3 is 2.60 bits per heavy atom. The Balaban J connectivity index is 1.28. The highest BCUT2D eigenvalue weighted by Crippen LogP contribution is 2.26. The number of rotatable bonds is 4. The van der Waals surface area contributed by atoms with Crippen molar-refractivity contribution in [1.82, 2.24) is 14.7 Å². The Hall–Kier alpha value is -1.63. The van der Waals surface area contributed by atoms with Crippen LogP contribution in [0.3, 0.4) is 0 Å². The molecule has 2 fully saturated rings. The van der Waals surface area contributed by atoms with Crippen LogP contribution in [0.2, 0.25) is 0 Å². The molecule has 1 aromatic rings. The van der Waals surface area contributed by atoms with Crippen molar-refractivity contribution in [2.45, 2.75) is 38.3 Å². The van der Waals surface area contributed by atoms with Crippen LogP contribution in [0.4, 0.5) is 0 Å². The first kappa shape index (κ1) is 16.8. The zero-order valence-corrected chi connectivity index (χ0v) is 14.8.